The van der Waals surface area contributed by atoms with E-state index < -0.39 is 0 Å². The van der Waals surface area contributed by atoms with Gasteiger partial charge in [-0.15, -0.1) is 0 Å². The van der Waals surface area contributed by atoms with Crippen molar-refractivity contribution >= 4 is 6.21 Å². The minimum Gasteiger partial charge on any atom is -0.392 e. The van der Waals surface area contributed by atoms with E-state index in [4.69, 9.17) is 10.7 Å². The summed E-state index contributed by atoms with van der Waals surface area (Å²) in [7, 11) is 0. The summed E-state index contributed by atoms with van der Waals surface area (Å²) in [6.45, 7) is 9.91. The standard InChI is InChI=1S/C16H23NO.C9H10FN/c1-4-11-16(6-3,15(18)5-2)14-9-7-13(12-17)8-10-14;1-6-3-8(10)4-7(2)9(6)5-11/h7-10,15,18H,4-6,11H2,1-3H3;3-5,11H,1-2H3. The lowest BCUT2D eigenvalue weighted by molar-refractivity contribution is 0.0662. The second-order valence-corrected chi connectivity index (χ2v) is 7.47. The Morgan fingerprint density at radius 1 is 1.14 bits per heavy atom. The van der Waals surface area contributed by atoms with E-state index in [-0.39, 0.29) is 17.3 Å². The van der Waals surface area contributed by atoms with Crippen molar-refractivity contribution in [3.63, 3.8) is 0 Å². The van der Waals surface area contributed by atoms with Crippen molar-refractivity contribution in [2.24, 2.45) is 0 Å². The van der Waals surface area contributed by atoms with Crippen molar-refractivity contribution in [1.82, 2.24) is 0 Å². The molecule has 0 saturated carbocycles. The van der Waals surface area contributed by atoms with Crippen molar-refractivity contribution in [3.05, 3.63) is 70.0 Å². The van der Waals surface area contributed by atoms with Crippen LogP contribution < -0.4 is 0 Å². The van der Waals surface area contributed by atoms with Crippen LogP contribution in [0.25, 0.3) is 0 Å². The number of aryl methyl sites for hydroxylation is 2. The minimum atomic E-state index is -0.324. The number of nitriles is 1. The fourth-order valence-corrected chi connectivity index (χ4v) is 3.98. The van der Waals surface area contributed by atoms with Gasteiger partial charge in [-0.1, -0.05) is 39.3 Å². The maximum atomic E-state index is 12.7. The van der Waals surface area contributed by atoms with Gasteiger partial charge < -0.3 is 10.5 Å². The third-order valence-electron chi connectivity index (χ3n) is 5.64. The van der Waals surface area contributed by atoms with Crippen LogP contribution in [0.15, 0.2) is 36.4 Å². The molecule has 2 aromatic rings. The molecule has 4 heteroatoms. The van der Waals surface area contributed by atoms with Crippen LogP contribution >= 0.6 is 0 Å². The van der Waals surface area contributed by atoms with Gasteiger partial charge in [0.2, 0.25) is 0 Å². The maximum Gasteiger partial charge on any atom is 0.123 e. The van der Waals surface area contributed by atoms with Gasteiger partial charge in [0.05, 0.1) is 17.7 Å². The van der Waals surface area contributed by atoms with Crippen LogP contribution in [-0.2, 0) is 5.41 Å². The summed E-state index contributed by atoms with van der Waals surface area (Å²) in [5.74, 6) is -0.231. The molecule has 0 spiro atoms. The number of nitrogens with one attached hydrogen (secondary N) is 1. The Bertz CT molecular complexity index is 816. The average molecular weight is 397 g/mol. The summed E-state index contributed by atoms with van der Waals surface area (Å²) >= 11 is 0. The van der Waals surface area contributed by atoms with E-state index in [1.54, 1.807) is 13.8 Å². The Kier molecular flexibility index (Phi) is 9.71. The number of aliphatic hydroxyl groups is 1. The summed E-state index contributed by atoms with van der Waals surface area (Å²) in [6, 6.07) is 12.7. The molecule has 0 aliphatic carbocycles. The van der Waals surface area contributed by atoms with E-state index in [9.17, 15) is 9.50 Å². The van der Waals surface area contributed by atoms with E-state index in [1.807, 2.05) is 31.2 Å². The summed E-state index contributed by atoms with van der Waals surface area (Å²) in [6.07, 6.45) is 4.63. The zero-order valence-corrected chi connectivity index (χ0v) is 18.2. The SMILES string of the molecule is CCCC(CC)(c1ccc(C#N)cc1)C(O)CC.Cc1cc(F)cc(C)c1C=N. The van der Waals surface area contributed by atoms with Gasteiger partial charge in [-0.2, -0.15) is 5.26 Å². The predicted octanol–water partition coefficient (Wildman–Crippen LogP) is 6.22. The first kappa shape index (κ1) is 24.5. The first-order valence-corrected chi connectivity index (χ1v) is 10.2. The molecule has 0 saturated heterocycles. The minimum absolute atomic E-state index is 0.169. The molecule has 2 rings (SSSR count). The molecule has 0 radical (unpaired) electrons. The molecule has 0 aliphatic rings. The predicted molar refractivity (Wildman–Crippen MR) is 118 cm³/mol. The average Bonchev–Trinajstić information content (AvgIpc) is 2.71. The lowest BCUT2D eigenvalue weighted by Crippen LogP contribution is -2.38. The maximum absolute atomic E-state index is 12.7. The van der Waals surface area contributed by atoms with Gasteiger partial charge in [-0.3, -0.25) is 0 Å². The number of aliphatic hydroxyl groups excluding tert-OH is 1. The van der Waals surface area contributed by atoms with Gasteiger partial charge >= 0.3 is 0 Å². The summed E-state index contributed by atoms with van der Waals surface area (Å²) in [5, 5.41) is 26.3. The van der Waals surface area contributed by atoms with E-state index in [0.29, 0.717) is 5.56 Å². The molecule has 0 bridgehead atoms. The third kappa shape index (κ3) is 5.98. The Hall–Kier alpha value is -2.51. The Labute approximate surface area is 174 Å². The Morgan fingerprint density at radius 3 is 2.07 bits per heavy atom. The monoisotopic (exact) mass is 396 g/mol. The van der Waals surface area contributed by atoms with Crippen LogP contribution in [0.3, 0.4) is 0 Å². The molecule has 0 heterocycles. The normalized spacial score (nSPS) is 13.4. The molecule has 0 aliphatic heterocycles. The molecule has 0 aromatic heterocycles. The van der Waals surface area contributed by atoms with Crippen molar-refractivity contribution in [2.45, 2.75) is 71.8 Å². The molecule has 2 atom stereocenters. The second-order valence-electron chi connectivity index (χ2n) is 7.47. The topological polar surface area (TPSA) is 67.9 Å². The number of rotatable bonds is 7. The van der Waals surface area contributed by atoms with Crippen LogP contribution in [-0.4, -0.2) is 17.4 Å². The number of benzene rings is 2. The van der Waals surface area contributed by atoms with Crippen LogP contribution in [0.2, 0.25) is 0 Å². The molecular formula is C25H33FN2O. The first-order valence-electron chi connectivity index (χ1n) is 10.2. The quantitative estimate of drug-likeness (QED) is 0.546. The number of halogens is 1. The van der Waals surface area contributed by atoms with Gasteiger partial charge in [0.25, 0.3) is 0 Å². The number of hydrogen-bond acceptors (Lipinski definition) is 3. The highest BCUT2D eigenvalue weighted by Gasteiger charge is 2.36. The molecule has 2 N–H and O–H groups in total. The zero-order valence-electron chi connectivity index (χ0n) is 18.2. The highest BCUT2D eigenvalue weighted by molar-refractivity contribution is 5.81. The highest BCUT2D eigenvalue weighted by Crippen LogP contribution is 2.37. The Morgan fingerprint density at radius 2 is 1.69 bits per heavy atom. The summed E-state index contributed by atoms with van der Waals surface area (Å²) in [5.41, 5.74) is 4.10. The largest absolute Gasteiger partial charge is 0.392 e. The van der Waals surface area contributed by atoms with E-state index in [1.165, 1.54) is 18.3 Å². The van der Waals surface area contributed by atoms with Crippen LogP contribution in [0.1, 0.15) is 74.3 Å². The van der Waals surface area contributed by atoms with Gasteiger partial charge in [0.1, 0.15) is 5.82 Å². The second kappa shape index (κ2) is 11.5. The molecule has 0 fully saturated rings. The fraction of sp³-hybridized carbons (Fsp3) is 0.440. The molecule has 2 aromatic carbocycles. The van der Waals surface area contributed by atoms with Gasteiger partial charge in [0.15, 0.2) is 0 Å². The van der Waals surface area contributed by atoms with Crippen LogP contribution in [0.5, 0.6) is 0 Å². The van der Waals surface area contributed by atoms with Gasteiger partial charge in [-0.25, -0.2) is 4.39 Å². The lowest BCUT2D eigenvalue weighted by atomic mass is 9.69. The van der Waals surface area contributed by atoms with E-state index in [2.05, 4.69) is 19.9 Å². The van der Waals surface area contributed by atoms with Gasteiger partial charge in [-0.05, 0) is 79.6 Å². The third-order valence-corrected chi connectivity index (χ3v) is 5.64. The molecule has 156 valence electrons. The lowest BCUT2D eigenvalue weighted by Gasteiger charge is -2.37. The van der Waals surface area contributed by atoms with Crippen molar-refractivity contribution in [1.29, 1.82) is 10.7 Å². The summed E-state index contributed by atoms with van der Waals surface area (Å²) < 4.78 is 12.7. The molecule has 29 heavy (non-hydrogen) atoms. The van der Waals surface area contributed by atoms with Gasteiger partial charge in [0, 0.05) is 11.6 Å². The molecular weight excluding hydrogens is 363 g/mol. The first-order chi connectivity index (χ1) is 13.8. The molecule has 0 amide bonds. The Balaban J connectivity index is 0.000000326. The highest BCUT2D eigenvalue weighted by atomic mass is 19.1. The molecule has 3 nitrogen and oxygen atoms in total. The van der Waals surface area contributed by atoms with E-state index >= 15 is 0 Å². The van der Waals surface area contributed by atoms with Crippen molar-refractivity contribution in [2.75, 3.05) is 0 Å². The summed E-state index contributed by atoms with van der Waals surface area (Å²) in [4.78, 5) is 0. The van der Waals surface area contributed by atoms with Crippen molar-refractivity contribution < 1.29 is 9.50 Å². The fourth-order valence-electron chi connectivity index (χ4n) is 3.98. The van der Waals surface area contributed by atoms with E-state index in [0.717, 1.165) is 47.9 Å². The molecule has 2 unspecified atom stereocenters. The van der Waals surface area contributed by atoms with Crippen LogP contribution in [0.4, 0.5) is 4.39 Å². The number of hydrogen-bond donors (Lipinski definition) is 2. The number of nitrogens with zero attached hydrogens (tertiary/aromatic N) is 1. The smallest absolute Gasteiger partial charge is 0.123 e. The van der Waals surface area contributed by atoms with Crippen LogP contribution in [0, 0.1) is 36.4 Å². The van der Waals surface area contributed by atoms with Crippen molar-refractivity contribution in [3.8, 4) is 6.07 Å². The zero-order chi connectivity index (χ0) is 22.0.